The summed E-state index contributed by atoms with van der Waals surface area (Å²) in [7, 11) is -3.26. The fraction of sp³-hybridized carbons (Fsp3) is 0.400. The van der Waals surface area contributed by atoms with Crippen LogP contribution in [0, 0.1) is 0 Å². The van der Waals surface area contributed by atoms with Crippen LogP contribution in [0.2, 0.25) is 0 Å². The van der Waals surface area contributed by atoms with Crippen molar-refractivity contribution in [3.05, 3.63) is 12.2 Å². The van der Waals surface area contributed by atoms with Crippen molar-refractivity contribution in [2.45, 2.75) is 6.92 Å². The Balaban J connectivity index is 0. The van der Waals surface area contributed by atoms with Gasteiger partial charge in [-0.2, -0.15) is 18.6 Å². The molecule has 0 aromatic rings. The molecule has 0 heterocycles. The zero-order valence-electron chi connectivity index (χ0n) is 7.18. The molecule has 0 atom stereocenters. The summed E-state index contributed by atoms with van der Waals surface area (Å²) in [5.74, 6) is 3.66. The Morgan fingerprint density at radius 1 is 1.50 bits per heavy atom. The molecule has 0 aliphatic carbocycles. The van der Waals surface area contributed by atoms with E-state index in [0.717, 1.165) is 7.05 Å². The molecule has 0 bridgehead atoms. The van der Waals surface area contributed by atoms with Gasteiger partial charge < -0.3 is 0 Å². The van der Waals surface area contributed by atoms with Crippen molar-refractivity contribution in [3.8, 4) is 0 Å². The van der Waals surface area contributed by atoms with Gasteiger partial charge in [-0.3, -0.25) is 4.79 Å². The van der Waals surface area contributed by atoms with Crippen LogP contribution in [0.5, 0.6) is 0 Å². The number of amides is 1. The van der Waals surface area contributed by atoms with E-state index in [1.807, 2.05) is 0 Å². The molecule has 0 aromatic heterocycles. The van der Waals surface area contributed by atoms with Crippen LogP contribution in [-0.4, -0.2) is 77.8 Å². The third-order valence-corrected chi connectivity index (χ3v) is 1.61. The molecule has 14 heavy (non-hydrogen) atoms. The molecule has 1 amide bonds. The molecular formula is C5H11KN2O5S. The van der Waals surface area contributed by atoms with E-state index >= 15 is 0 Å². The molecular weight excluding hydrogens is 239 g/mol. The molecule has 9 heteroatoms. The number of carbonyl (C=O) groups is 1. The van der Waals surface area contributed by atoms with Gasteiger partial charge >= 0.3 is 61.8 Å². The molecule has 0 spiro atoms. The molecule has 7 nitrogen and oxygen atoms in total. The summed E-state index contributed by atoms with van der Waals surface area (Å²) in [6.07, 6.45) is 0. The summed E-state index contributed by atoms with van der Waals surface area (Å²) in [5, 5.41) is 0.449. The van der Waals surface area contributed by atoms with Gasteiger partial charge in [-0.15, -0.1) is 4.28 Å². The predicted octanol–water partition coefficient (Wildman–Crippen LogP) is -1.56. The topological polar surface area (TPSA) is 98.9 Å². The Labute approximate surface area is 125 Å². The normalized spacial score (nSPS) is 10.2. The fourth-order valence-electron chi connectivity index (χ4n) is 0.457. The SMILES string of the molecule is C=C(C)C(=O)N(C)OS(=O)(=O)ON.[KH]. The molecule has 0 fully saturated rings. The van der Waals surface area contributed by atoms with Gasteiger partial charge in [0.05, 0.1) is 0 Å². The predicted molar refractivity (Wildman–Crippen MR) is 50.0 cm³/mol. The zero-order valence-corrected chi connectivity index (χ0v) is 8.00. The van der Waals surface area contributed by atoms with Gasteiger partial charge in [0, 0.05) is 12.6 Å². The van der Waals surface area contributed by atoms with E-state index in [0.29, 0.717) is 5.06 Å². The van der Waals surface area contributed by atoms with Crippen LogP contribution in [-0.2, 0) is 23.8 Å². The van der Waals surface area contributed by atoms with Gasteiger partial charge in [-0.05, 0) is 6.92 Å². The minimum absolute atomic E-state index is 0. The first-order valence-corrected chi connectivity index (χ1v) is 4.40. The zero-order chi connectivity index (χ0) is 10.6. The van der Waals surface area contributed by atoms with Crippen LogP contribution in [0.3, 0.4) is 0 Å². The fourth-order valence-corrected chi connectivity index (χ4v) is 0.834. The number of likely N-dealkylation sites (N-methyl/N-ethyl adjacent to an activating group) is 1. The molecule has 0 aromatic carbocycles. The number of carbonyl (C=O) groups excluding carboxylic acids is 1. The Kier molecular flexibility index (Phi) is 8.58. The van der Waals surface area contributed by atoms with Gasteiger partial charge in [0.15, 0.2) is 0 Å². The van der Waals surface area contributed by atoms with Crippen molar-refractivity contribution in [2.24, 2.45) is 5.90 Å². The van der Waals surface area contributed by atoms with E-state index in [4.69, 9.17) is 0 Å². The average Bonchev–Trinajstić information content (AvgIpc) is 2.02. The number of hydroxylamine groups is 2. The molecule has 0 saturated carbocycles. The third-order valence-electron chi connectivity index (χ3n) is 0.972. The van der Waals surface area contributed by atoms with Gasteiger partial charge in [0.25, 0.3) is 5.91 Å². The van der Waals surface area contributed by atoms with Crippen molar-refractivity contribution in [1.29, 1.82) is 0 Å². The van der Waals surface area contributed by atoms with Gasteiger partial charge in [-0.25, -0.2) is 5.06 Å². The van der Waals surface area contributed by atoms with Gasteiger partial charge in [-0.1, -0.05) is 6.58 Å². The second-order valence-corrected chi connectivity index (χ2v) is 3.32. The standard InChI is InChI=1S/C5H10N2O5S.K.H/c1-4(2)5(8)7(3)12-13(9,10)11-6;;/h1,6H2,2-3H3;;. The van der Waals surface area contributed by atoms with Crippen molar-refractivity contribution in [2.75, 3.05) is 7.05 Å². The monoisotopic (exact) mass is 250 g/mol. The van der Waals surface area contributed by atoms with E-state index in [-0.39, 0.29) is 57.0 Å². The van der Waals surface area contributed by atoms with Crippen molar-refractivity contribution in [3.63, 3.8) is 0 Å². The molecule has 0 aliphatic rings. The first-order chi connectivity index (χ1) is 5.80. The molecule has 0 saturated heterocycles. The first kappa shape index (κ1) is 17.1. The quantitative estimate of drug-likeness (QED) is 0.368. The van der Waals surface area contributed by atoms with E-state index in [9.17, 15) is 13.2 Å². The van der Waals surface area contributed by atoms with Crippen molar-refractivity contribution >= 4 is 67.7 Å². The summed E-state index contributed by atoms with van der Waals surface area (Å²) in [6, 6.07) is 0. The number of hydrogen-bond acceptors (Lipinski definition) is 6. The molecule has 2 N–H and O–H groups in total. The average molecular weight is 250 g/mol. The molecule has 0 rings (SSSR count). The van der Waals surface area contributed by atoms with Crippen molar-refractivity contribution < 1.29 is 21.8 Å². The summed E-state index contributed by atoms with van der Waals surface area (Å²) < 4.78 is 28.6. The minimum atomic E-state index is -4.36. The van der Waals surface area contributed by atoms with E-state index in [1.165, 1.54) is 6.92 Å². The summed E-state index contributed by atoms with van der Waals surface area (Å²) in [5.41, 5.74) is 0.120. The summed E-state index contributed by atoms with van der Waals surface area (Å²) in [6.45, 7) is 4.69. The van der Waals surface area contributed by atoms with Crippen molar-refractivity contribution in [1.82, 2.24) is 5.06 Å². The Hall–Kier alpha value is 0.676. The molecule has 0 radical (unpaired) electrons. The van der Waals surface area contributed by atoms with E-state index in [2.05, 4.69) is 21.0 Å². The first-order valence-electron chi connectivity index (χ1n) is 3.06. The summed E-state index contributed by atoms with van der Waals surface area (Å²) >= 11 is 0. The van der Waals surface area contributed by atoms with Crippen LogP contribution < -0.4 is 5.90 Å². The molecule has 0 unspecified atom stereocenters. The second kappa shape index (κ2) is 7.03. The van der Waals surface area contributed by atoms with E-state index in [1.54, 1.807) is 0 Å². The van der Waals surface area contributed by atoms with Gasteiger partial charge in [0.1, 0.15) is 0 Å². The van der Waals surface area contributed by atoms with Crippen LogP contribution in [0.1, 0.15) is 6.92 Å². The Morgan fingerprint density at radius 3 is 2.21 bits per heavy atom. The van der Waals surface area contributed by atoms with Crippen LogP contribution in [0.25, 0.3) is 0 Å². The molecule has 0 aliphatic heterocycles. The number of nitrogens with two attached hydrogens (primary N) is 1. The van der Waals surface area contributed by atoms with Crippen LogP contribution in [0.15, 0.2) is 12.2 Å². The second-order valence-electron chi connectivity index (χ2n) is 2.16. The van der Waals surface area contributed by atoms with Gasteiger partial charge in [0.2, 0.25) is 0 Å². The number of nitrogens with zero attached hydrogens (tertiary/aromatic N) is 1. The third kappa shape index (κ3) is 6.21. The molecule has 78 valence electrons. The van der Waals surface area contributed by atoms with Crippen LogP contribution >= 0.6 is 0 Å². The van der Waals surface area contributed by atoms with E-state index < -0.39 is 16.3 Å². The Morgan fingerprint density at radius 2 is 1.93 bits per heavy atom. The summed E-state index contributed by atoms with van der Waals surface area (Å²) in [4.78, 5) is 11.0. The maximum atomic E-state index is 11.0. The Bertz CT molecular complexity index is 314. The number of rotatable bonds is 4. The maximum absolute atomic E-state index is 11.0. The number of hydrogen-bond donors (Lipinski definition) is 1. The van der Waals surface area contributed by atoms with Crippen LogP contribution in [0.4, 0.5) is 0 Å².